The Balaban J connectivity index is 1.78. The zero-order valence-corrected chi connectivity index (χ0v) is 15.0. The van der Waals surface area contributed by atoms with E-state index in [0.29, 0.717) is 22.4 Å². The Kier molecular flexibility index (Phi) is 5.34. The number of aromatic nitrogens is 2. The molecule has 3 rings (SSSR count). The van der Waals surface area contributed by atoms with Crippen LogP contribution in [0.5, 0.6) is 5.75 Å². The maximum atomic E-state index is 12.5. The zero-order chi connectivity index (χ0) is 18.5. The van der Waals surface area contributed by atoms with Crippen LogP contribution in [0.15, 0.2) is 54.7 Å². The van der Waals surface area contributed by atoms with Gasteiger partial charge in [0.2, 0.25) is 5.95 Å². The van der Waals surface area contributed by atoms with Gasteiger partial charge in [-0.15, -0.1) is 0 Å². The van der Waals surface area contributed by atoms with Gasteiger partial charge in [-0.2, -0.15) is 0 Å². The number of nitrogens with one attached hydrogen (secondary N) is 2. The first kappa shape index (κ1) is 17.7. The molecule has 1 amide bonds. The third-order valence-corrected chi connectivity index (χ3v) is 4.08. The van der Waals surface area contributed by atoms with Gasteiger partial charge in [0, 0.05) is 16.9 Å². The van der Waals surface area contributed by atoms with Crippen LogP contribution in [0, 0.1) is 6.92 Å². The lowest BCUT2D eigenvalue weighted by atomic mass is 10.2. The molecule has 0 saturated heterocycles. The third-order valence-electron chi connectivity index (χ3n) is 3.67. The lowest BCUT2D eigenvalue weighted by Gasteiger charge is -2.10. The minimum atomic E-state index is -0.359. The van der Waals surface area contributed by atoms with Crippen LogP contribution in [-0.4, -0.2) is 23.0 Å². The van der Waals surface area contributed by atoms with Crippen molar-refractivity contribution in [1.82, 2.24) is 9.97 Å². The molecule has 0 unspecified atom stereocenters. The van der Waals surface area contributed by atoms with Gasteiger partial charge in [0.1, 0.15) is 11.4 Å². The summed E-state index contributed by atoms with van der Waals surface area (Å²) >= 11 is 6.12. The Morgan fingerprint density at radius 2 is 1.96 bits per heavy atom. The molecule has 26 heavy (non-hydrogen) atoms. The molecular weight excluding hydrogens is 352 g/mol. The van der Waals surface area contributed by atoms with Crippen LogP contribution in [0.4, 0.5) is 17.3 Å². The molecule has 2 N–H and O–H groups in total. The Labute approximate surface area is 156 Å². The molecular formula is C19H17ClN4O2. The van der Waals surface area contributed by atoms with Crippen molar-refractivity contribution in [3.63, 3.8) is 0 Å². The average Bonchev–Trinajstić information content (AvgIpc) is 2.65. The van der Waals surface area contributed by atoms with Crippen molar-refractivity contribution in [3.8, 4) is 5.75 Å². The number of amides is 1. The summed E-state index contributed by atoms with van der Waals surface area (Å²) in [5.41, 5.74) is 2.51. The van der Waals surface area contributed by atoms with Crippen LogP contribution in [0.25, 0.3) is 0 Å². The van der Waals surface area contributed by atoms with E-state index in [0.717, 1.165) is 11.3 Å². The highest BCUT2D eigenvalue weighted by Gasteiger charge is 2.12. The number of nitrogens with zero attached hydrogens (tertiary/aromatic N) is 2. The van der Waals surface area contributed by atoms with E-state index in [-0.39, 0.29) is 11.6 Å². The van der Waals surface area contributed by atoms with Crippen molar-refractivity contribution in [1.29, 1.82) is 0 Å². The minimum Gasteiger partial charge on any atom is -0.495 e. The molecule has 6 nitrogen and oxygen atoms in total. The molecule has 132 valence electrons. The van der Waals surface area contributed by atoms with E-state index in [1.54, 1.807) is 25.3 Å². The summed E-state index contributed by atoms with van der Waals surface area (Å²) in [6.07, 6.45) is 1.52. The highest BCUT2D eigenvalue weighted by molar-refractivity contribution is 6.31. The molecule has 0 fully saturated rings. The summed E-state index contributed by atoms with van der Waals surface area (Å²) < 4.78 is 5.23. The summed E-state index contributed by atoms with van der Waals surface area (Å²) in [6.45, 7) is 1.92. The van der Waals surface area contributed by atoms with Crippen LogP contribution in [0.1, 0.15) is 16.1 Å². The van der Waals surface area contributed by atoms with Crippen LogP contribution in [-0.2, 0) is 0 Å². The molecule has 0 aliphatic rings. The van der Waals surface area contributed by atoms with Gasteiger partial charge in [-0.1, -0.05) is 29.8 Å². The number of halogens is 1. The smallest absolute Gasteiger partial charge is 0.274 e. The standard InChI is InChI=1S/C19H17ClN4O2/c1-12-7-8-13(11-14(12)20)22-19-21-10-9-16(24-19)18(25)23-15-5-3-4-6-17(15)26-2/h3-11H,1-2H3,(H,23,25)(H,21,22,24). The van der Waals surface area contributed by atoms with E-state index < -0.39 is 0 Å². The number of hydrogen-bond donors (Lipinski definition) is 2. The van der Waals surface area contributed by atoms with Crippen LogP contribution in [0.2, 0.25) is 5.02 Å². The largest absolute Gasteiger partial charge is 0.495 e. The number of aryl methyl sites for hydroxylation is 1. The third kappa shape index (κ3) is 4.10. The van der Waals surface area contributed by atoms with Gasteiger partial charge < -0.3 is 15.4 Å². The van der Waals surface area contributed by atoms with Gasteiger partial charge in [-0.05, 0) is 42.8 Å². The molecule has 1 heterocycles. The summed E-state index contributed by atoms with van der Waals surface area (Å²) in [5.74, 6) is 0.516. The van der Waals surface area contributed by atoms with Gasteiger partial charge in [-0.3, -0.25) is 4.79 Å². The number of anilines is 3. The predicted octanol–water partition coefficient (Wildman–Crippen LogP) is 4.44. The fourth-order valence-electron chi connectivity index (χ4n) is 2.28. The van der Waals surface area contributed by atoms with Gasteiger partial charge in [0.25, 0.3) is 5.91 Å². The number of methoxy groups -OCH3 is 1. The van der Waals surface area contributed by atoms with E-state index in [4.69, 9.17) is 16.3 Å². The van der Waals surface area contributed by atoms with Crippen molar-refractivity contribution < 1.29 is 9.53 Å². The molecule has 0 saturated carbocycles. The molecule has 0 atom stereocenters. The quantitative estimate of drug-likeness (QED) is 0.696. The summed E-state index contributed by atoms with van der Waals surface area (Å²) in [6, 6.07) is 14.2. The zero-order valence-electron chi connectivity index (χ0n) is 14.3. The first-order valence-electron chi connectivity index (χ1n) is 7.87. The number of para-hydroxylation sites is 2. The summed E-state index contributed by atoms with van der Waals surface area (Å²) in [4.78, 5) is 20.9. The second-order valence-corrected chi connectivity index (χ2v) is 5.92. The molecule has 3 aromatic rings. The van der Waals surface area contributed by atoms with E-state index in [1.165, 1.54) is 12.3 Å². The minimum absolute atomic E-state index is 0.228. The van der Waals surface area contributed by atoms with Crippen LogP contribution < -0.4 is 15.4 Å². The molecule has 7 heteroatoms. The van der Waals surface area contributed by atoms with Crippen LogP contribution >= 0.6 is 11.6 Å². The molecule has 0 spiro atoms. The molecule has 1 aromatic heterocycles. The van der Waals surface area contributed by atoms with Gasteiger partial charge in [0.05, 0.1) is 12.8 Å². The molecule has 0 bridgehead atoms. The highest BCUT2D eigenvalue weighted by Crippen LogP contribution is 2.24. The number of ether oxygens (including phenoxy) is 1. The van der Waals surface area contributed by atoms with Crippen molar-refractivity contribution in [2.24, 2.45) is 0 Å². The number of benzene rings is 2. The molecule has 0 radical (unpaired) electrons. The maximum absolute atomic E-state index is 12.5. The fraction of sp³-hybridized carbons (Fsp3) is 0.105. The van der Waals surface area contributed by atoms with Crippen molar-refractivity contribution in [3.05, 3.63) is 71.0 Å². The second kappa shape index (κ2) is 7.84. The SMILES string of the molecule is COc1ccccc1NC(=O)c1ccnc(Nc2ccc(C)c(Cl)c2)n1. The van der Waals surface area contributed by atoms with Gasteiger partial charge in [-0.25, -0.2) is 9.97 Å². The first-order valence-corrected chi connectivity index (χ1v) is 8.25. The van der Waals surface area contributed by atoms with Crippen molar-refractivity contribution >= 4 is 34.8 Å². The Morgan fingerprint density at radius 3 is 2.73 bits per heavy atom. The number of carbonyl (C=O) groups excluding carboxylic acids is 1. The number of hydrogen-bond acceptors (Lipinski definition) is 5. The van der Waals surface area contributed by atoms with Crippen molar-refractivity contribution in [2.45, 2.75) is 6.92 Å². The lowest BCUT2D eigenvalue weighted by Crippen LogP contribution is -2.15. The maximum Gasteiger partial charge on any atom is 0.274 e. The van der Waals surface area contributed by atoms with E-state index in [9.17, 15) is 4.79 Å². The Morgan fingerprint density at radius 1 is 1.15 bits per heavy atom. The Hall–Kier alpha value is -3.12. The van der Waals surface area contributed by atoms with E-state index in [2.05, 4.69) is 20.6 Å². The summed E-state index contributed by atoms with van der Waals surface area (Å²) in [5, 5.41) is 6.46. The Bertz CT molecular complexity index is 946. The van der Waals surface area contributed by atoms with Gasteiger partial charge in [0.15, 0.2) is 0 Å². The molecule has 2 aromatic carbocycles. The number of carbonyl (C=O) groups is 1. The van der Waals surface area contributed by atoms with E-state index in [1.807, 2.05) is 31.2 Å². The summed E-state index contributed by atoms with van der Waals surface area (Å²) in [7, 11) is 1.55. The lowest BCUT2D eigenvalue weighted by molar-refractivity contribution is 0.102. The molecule has 0 aliphatic heterocycles. The van der Waals surface area contributed by atoms with Crippen LogP contribution in [0.3, 0.4) is 0 Å². The topological polar surface area (TPSA) is 76.1 Å². The van der Waals surface area contributed by atoms with Crippen molar-refractivity contribution in [2.75, 3.05) is 17.7 Å². The van der Waals surface area contributed by atoms with E-state index >= 15 is 0 Å². The number of rotatable bonds is 5. The highest BCUT2D eigenvalue weighted by atomic mass is 35.5. The fourth-order valence-corrected chi connectivity index (χ4v) is 2.46. The van der Waals surface area contributed by atoms with Gasteiger partial charge >= 0.3 is 0 Å². The monoisotopic (exact) mass is 368 g/mol. The second-order valence-electron chi connectivity index (χ2n) is 5.51. The predicted molar refractivity (Wildman–Crippen MR) is 102 cm³/mol. The normalized spacial score (nSPS) is 10.3. The molecule has 0 aliphatic carbocycles. The first-order chi connectivity index (χ1) is 12.6. The average molecular weight is 369 g/mol.